The maximum absolute atomic E-state index is 14.0. The lowest BCUT2D eigenvalue weighted by atomic mass is 9.83. The summed E-state index contributed by atoms with van der Waals surface area (Å²) < 4.78 is 23.2. The molecule has 3 aliphatic rings. The highest BCUT2D eigenvalue weighted by molar-refractivity contribution is 6.35. The molecule has 0 saturated carbocycles. The summed E-state index contributed by atoms with van der Waals surface area (Å²) in [5, 5.41) is 24.9. The number of hydrogen-bond donors (Lipinski definition) is 3. The summed E-state index contributed by atoms with van der Waals surface area (Å²) in [6.45, 7) is 8.52. The van der Waals surface area contributed by atoms with Crippen molar-refractivity contribution < 1.29 is 48.3 Å². The van der Waals surface area contributed by atoms with E-state index < -0.39 is 65.7 Å². The monoisotopic (exact) mass is 691 g/mol. The van der Waals surface area contributed by atoms with E-state index in [1.165, 1.54) is 37.0 Å². The first-order valence-electron chi connectivity index (χ1n) is 16.0. The number of halogens is 1. The number of nitrogens with zero attached hydrogens (tertiary/aromatic N) is 2. The first-order chi connectivity index (χ1) is 22.4. The number of aliphatic hydroxyl groups excluding tert-OH is 1. The fourth-order valence-corrected chi connectivity index (χ4v) is 6.52. The summed E-state index contributed by atoms with van der Waals surface area (Å²) in [6.07, 6.45) is -0.311. The van der Waals surface area contributed by atoms with Crippen LogP contribution in [-0.4, -0.2) is 102 Å². The molecule has 3 N–H and O–H groups in total. The van der Waals surface area contributed by atoms with Crippen molar-refractivity contribution in [1.29, 1.82) is 0 Å². The number of methoxy groups -OCH3 is 1. The summed E-state index contributed by atoms with van der Waals surface area (Å²) in [7, 11) is 4.53. The Labute approximate surface area is 285 Å². The van der Waals surface area contributed by atoms with Crippen molar-refractivity contribution in [1.82, 2.24) is 10.2 Å². The number of benzene rings is 1. The minimum atomic E-state index is -2.05. The van der Waals surface area contributed by atoms with Crippen molar-refractivity contribution in [3.63, 3.8) is 0 Å². The van der Waals surface area contributed by atoms with E-state index in [1.807, 2.05) is 6.92 Å². The molecule has 0 aliphatic carbocycles. The number of alkyl carbamates (subject to hydrolysis) is 1. The minimum absolute atomic E-state index is 0.179. The van der Waals surface area contributed by atoms with Gasteiger partial charge in [0.2, 0.25) is 11.8 Å². The van der Waals surface area contributed by atoms with Crippen LogP contribution in [0.2, 0.25) is 5.02 Å². The van der Waals surface area contributed by atoms with Crippen molar-refractivity contribution >= 4 is 41.2 Å². The number of nitrogens with one attached hydrogen (secondary N) is 1. The molecule has 13 nitrogen and oxygen atoms in total. The molecule has 8 atom stereocenters. The Balaban J connectivity index is 1.77. The summed E-state index contributed by atoms with van der Waals surface area (Å²) in [5.74, 6) is -1.66. The second kappa shape index (κ2) is 14.5. The number of anilines is 1. The van der Waals surface area contributed by atoms with E-state index in [9.17, 15) is 29.4 Å². The summed E-state index contributed by atoms with van der Waals surface area (Å²) >= 11 is 6.69. The average molecular weight is 692 g/mol. The molecule has 0 spiro atoms. The summed E-state index contributed by atoms with van der Waals surface area (Å²) in [4.78, 5) is 55.0. The van der Waals surface area contributed by atoms with Gasteiger partial charge in [-0.15, -0.1) is 0 Å². The lowest BCUT2D eigenvalue weighted by Gasteiger charge is -2.41. The van der Waals surface area contributed by atoms with Gasteiger partial charge in [0.15, 0.2) is 5.72 Å². The van der Waals surface area contributed by atoms with Crippen LogP contribution >= 0.6 is 11.6 Å². The van der Waals surface area contributed by atoms with Crippen LogP contribution in [0, 0.1) is 5.92 Å². The van der Waals surface area contributed by atoms with Crippen LogP contribution in [0.4, 0.5) is 10.5 Å². The van der Waals surface area contributed by atoms with Crippen LogP contribution in [0.1, 0.15) is 59.4 Å². The largest absolute Gasteiger partial charge is 0.495 e. The van der Waals surface area contributed by atoms with E-state index in [2.05, 4.69) is 5.32 Å². The maximum atomic E-state index is 14.0. The predicted molar refractivity (Wildman–Crippen MR) is 176 cm³/mol. The van der Waals surface area contributed by atoms with Crippen molar-refractivity contribution in [3.05, 3.63) is 46.5 Å². The second-order valence-corrected chi connectivity index (χ2v) is 13.4. The molecule has 1 aromatic carbocycles. The number of ether oxygens (including phenoxy) is 4. The zero-order valence-corrected chi connectivity index (χ0v) is 29.4. The molecule has 264 valence electrons. The van der Waals surface area contributed by atoms with Gasteiger partial charge in [0.1, 0.15) is 40.7 Å². The molecule has 3 aliphatic heterocycles. The van der Waals surface area contributed by atoms with Gasteiger partial charge in [0.05, 0.1) is 25.3 Å². The van der Waals surface area contributed by atoms with E-state index in [0.717, 1.165) is 11.1 Å². The molecule has 3 heterocycles. The molecule has 14 heteroatoms. The Morgan fingerprint density at radius 1 is 1.29 bits per heavy atom. The number of epoxide rings is 1. The third kappa shape index (κ3) is 7.64. The maximum Gasteiger partial charge on any atom is 0.409 e. The quantitative estimate of drug-likeness (QED) is 0.308. The van der Waals surface area contributed by atoms with Crippen molar-refractivity contribution in [2.24, 2.45) is 5.92 Å². The Hall–Kier alpha value is -3.65. The van der Waals surface area contributed by atoms with Crippen molar-refractivity contribution in [2.75, 3.05) is 26.1 Å². The normalized spacial score (nSPS) is 33.2. The fraction of sp³-hybridized carbons (Fsp3) is 0.588. The molecule has 48 heavy (non-hydrogen) atoms. The summed E-state index contributed by atoms with van der Waals surface area (Å²) in [6, 6.07) is 2.57. The molecule has 4 rings (SSSR count). The predicted octanol–water partition coefficient (Wildman–Crippen LogP) is 3.27. The van der Waals surface area contributed by atoms with E-state index in [4.69, 9.17) is 30.5 Å². The molecular weight excluding hydrogens is 646 g/mol. The van der Waals surface area contributed by atoms with E-state index >= 15 is 0 Å². The molecule has 2 fully saturated rings. The van der Waals surface area contributed by atoms with Gasteiger partial charge in [-0.25, -0.2) is 9.59 Å². The number of fused-ring (bicyclic) bond motifs is 5. The first-order valence-corrected chi connectivity index (χ1v) is 16.3. The molecule has 4 unspecified atom stereocenters. The average Bonchev–Trinajstić information content (AvgIpc) is 3.74. The Bertz CT molecular complexity index is 1500. The fourth-order valence-electron chi connectivity index (χ4n) is 6.21. The topological polar surface area (TPSA) is 167 Å². The van der Waals surface area contributed by atoms with Crippen LogP contribution in [-0.2, 0) is 35.0 Å². The van der Waals surface area contributed by atoms with Gasteiger partial charge in [-0.3, -0.25) is 14.9 Å². The molecule has 2 saturated heterocycles. The lowest BCUT2D eigenvalue weighted by molar-refractivity contribution is -0.162. The number of likely N-dealkylation sites (N-methyl/N-ethyl adjacent to an activating group) is 1. The van der Waals surface area contributed by atoms with Crippen molar-refractivity contribution in [3.8, 4) is 5.75 Å². The molecular formula is C34H46ClN3O10. The van der Waals surface area contributed by atoms with Gasteiger partial charge in [0.25, 0.3) is 0 Å². The Morgan fingerprint density at radius 3 is 2.62 bits per heavy atom. The van der Waals surface area contributed by atoms with E-state index in [-0.39, 0.29) is 30.2 Å². The molecule has 0 aromatic heterocycles. The second-order valence-electron chi connectivity index (χ2n) is 13.0. The SMILES string of the molecule is CCC(=O)N(C)[C@@H](C)C(=O)O[C@H]1CC(=O)N(C)c2cc(cc(OC)c2Cl)C/C(C)=C\C=C\[C@@H](O)[C@@]2(O)CC(OC(=O)N2)C(C)C2OC21C. The van der Waals surface area contributed by atoms with Gasteiger partial charge < -0.3 is 39.0 Å². The number of allylic oxidation sites excluding steroid dienone is 3. The van der Waals surface area contributed by atoms with Crippen LogP contribution in [0.25, 0.3) is 0 Å². The highest BCUT2D eigenvalue weighted by atomic mass is 35.5. The number of aliphatic hydroxyl groups is 2. The van der Waals surface area contributed by atoms with Crippen LogP contribution in [0.15, 0.2) is 35.9 Å². The highest BCUT2D eigenvalue weighted by Crippen LogP contribution is 2.49. The summed E-state index contributed by atoms with van der Waals surface area (Å²) in [5.41, 5.74) is -1.25. The van der Waals surface area contributed by atoms with Gasteiger partial charge >= 0.3 is 12.1 Å². The molecule has 0 radical (unpaired) electrons. The van der Waals surface area contributed by atoms with Gasteiger partial charge in [0, 0.05) is 32.9 Å². The zero-order valence-electron chi connectivity index (χ0n) is 28.6. The third-order valence-electron chi connectivity index (χ3n) is 9.60. The number of rotatable bonds is 5. The number of carbonyl (C=O) groups is 4. The first kappa shape index (κ1) is 37.2. The van der Waals surface area contributed by atoms with Crippen molar-refractivity contribution in [2.45, 2.75) is 102 Å². The highest BCUT2D eigenvalue weighted by Gasteiger charge is 2.64. The standard InChI is InChI=1S/C34H46ClN3O10/c1-9-27(40)37(6)20(4)31(42)47-26-16-28(41)38(7)22-14-21(15-23(45-8)29(22)35)13-18(2)11-10-12-25(39)34(44)17-24(46-32(43)36-34)19(3)30-33(26,5)48-30/h10-12,14-15,19-20,24-26,30,39,44H,9,13,16-17H2,1-8H3,(H,36,43)/b12-10+,18-11-/t19?,20-,24?,25+,26-,30?,33?,34-/m0/s1. The van der Waals surface area contributed by atoms with Gasteiger partial charge in [-0.2, -0.15) is 0 Å². The lowest BCUT2D eigenvalue weighted by Crippen LogP contribution is -2.63. The minimum Gasteiger partial charge on any atom is -0.495 e. The smallest absolute Gasteiger partial charge is 0.409 e. The Morgan fingerprint density at radius 2 is 1.98 bits per heavy atom. The zero-order chi connectivity index (χ0) is 35.7. The number of carbonyl (C=O) groups excluding carboxylic acids is 4. The van der Waals surface area contributed by atoms with Crippen LogP contribution in [0.3, 0.4) is 0 Å². The molecule has 1 aromatic rings. The van der Waals surface area contributed by atoms with E-state index in [1.54, 1.807) is 52.1 Å². The number of hydrogen-bond acceptors (Lipinski definition) is 10. The number of amides is 3. The van der Waals surface area contributed by atoms with Gasteiger partial charge in [-0.1, -0.05) is 49.2 Å². The van der Waals surface area contributed by atoms with Gasteiger partial charge in [-0.05, 0) is 44.9 Å². The third-order valence-corrected chi connectivity index (χ3v) is 9.98. The molecule has 4 bridgehead atoms. The number of esters is 1. The Kier molecular flexibility index (Phi) is 11.2. The van der Waals surface area contributed by atoms with E-state index in [0.29, 0.717) is 17.9 Å². The van der Waals surface area contributed by atoms with Crippen LogP contribution < -0.4 is 15.0 Å². The molecule has 3 amide bonds. The van der Waals surface area contributed by atoms with Crippen LogP contribution in [0.5, 0.6) is 5.75 Å².